The minimum Gasteiger partial charge on any atom is -0.382 e. The number of rotatable bonds is 7. The highest BCUT2D eigenvalue weighted by Crippen LogP contribution is 2.32. The minimum absolute atomic E-state index is 0.149. The molecule has 0 spiro atoms. The number of nitrogens with zero attached hydrogens (tertiary/aromatic N) is 1. The lowest BCUT2D eigenvalue weighted by molar-refractivity contribution is 0.0761. The van der Waals surface area contributed by atoms with Gasteiger partial charge in [0.2, 0.25) is 0 Å². The van der Waals surface area contributed by atoms with Crippen LogP contribution in [-0.2, 0) is 10.3 Å². The highest BCUT2D eigenvalue weighted by molar-refractivity contribution is 7.09. The first-order valence-electron chi connectivity index (χ1n) is 6.23. The summed E-state index contributed by atoms with van der Waals surface area (Å²) in [5.74, 6) is 0.444. The zero-order chi connectivity index (χ0) is 12.9. The summed E-state index contributed by atoms with van der Waals surface area (Å²) in [5, 5.41) is 6.88. The van der Waals surface area contributed by atoms with Gasteiger partial charge in [-0.05, 0) is 25.8 Å². The maximum absolute atomic E-state index is 5.43. The maximum atomic E-state index is 5.43. The van der Waals surface area contributed by atoms with Crippen LogP contribution in [0.4, 0.5) is 0 Å². The molecule has 0 fully saturated rings. The number of methoxy groups -OCH3 is 1. The van der Waals surface area contributed by atoms with Gasteiger partial charge in [-0.2, -0.15) is 0 Å². The molecule has 1 aromatic rings. The van der Waals surface area contributed by atoms with E-state index in [1.165, 1.54) is 0 Å². The Balaban J connectivity index is 3.04. The second-order valence-corrected chi connectivity index (χ2v) is 5.64. The first-order valence-corrected chi connectivity index (χ1v) is 7.11. The summed E-state index contributed by atoms with van der Waals surface area (Å²) in [7, 11) is 1.76. The molecule has 0 aromatic carbocycles. The topological polar surface area (TPSA) is 34.1 Å². The largest absolute Gasteiger partial charge is 0.382 e. The van der Waals surface area contributed by atoms with Crippen LogP contribution >= 0.6 is 11.3 Å². The average molecular weight is 256 g/mol. The number of aromatic nitrogens is 1. The fourth-order valence-electron chi connectivity index (χ4n) is 1.94. The van der Waals surface area contributed by atoms with E-state index >= 15 is 0 Å². The first kappa shape index (κ1) is 14.6. The fraction of sp³-hybridized carbons (Fsp3) is 0.769. The molecule has 0 saturated heterocycles. The molecule has 1 rings (SSSR count). The van der Waals surface area contributed by atoms with Crippen LogP contribution in [0.1, 0.15) is 37.9 Å². The Hall–Kier alpha value is -0.450. The third-order valence-electron chi connectivity index (χ3n) is 3.05. The lowest BCUT2D eigenvalue weighted by Gasteiger charge is -2.36. The molecule has 17 heavy (non-hydrogen) atoms. The van der Waals surface area contributed by atoms with Gasteiger partial charge >= 0.3 is 0 Å². The SMILES string of the molecule is CCCNC(COC)(c1nc(C)cs1)C(C)C. The van der Waals surface area contributed by atoms with Crippen molar-refractivity contribution in [1.29, 1.82) is 0 Å². The van der Waals surface area contributed by atoms with Gasteiger partial charge in [0.25, 0.3) is 0 Å². The van der Waals surface area contributed by atoms with E-state index in [1.807, 2.05) is 6.92 Å². The highest BCUT2D eigenvalue weighted by Gasteiger charge is 2.37. The normalized spacial score (nSPS) is 15.2. The molecule has 0 radical (unpaired) electrons. The number of thiazole rings is 1. The van der Waals surface area contributed by atoms with Crippen molar-refractivity contribution in [2.75, 3.05) is 20.3 Å². The number of hydrogen-bond donors (Lipinski definition) is 1. The van der Waals surface area contributed by atoms with Crippen LogP contribution in [0.3, 0.4) is 0 Å². The molecule has 0 saturated carbocycles. The van der Waals surface area contributed by atoms with E-state index in [4.69, 9.17) is 4.74 Å². The predicted octanol–water partition coefficient (Wildman–Crippen LogP) is 2.95. The van der Waals surface area contributed by atoms with Gasteiger partial charge in [-0.3, -0.25) is 0 Å². The van der Waals surface area contributed by atoms with Gasteiger partial charge in [-0.1, -0.05) is 20.8 Å². The quantitative estimate of drug-likeness (QED) is 0.814. The maximum Gasteiger partial charge on any atom is 0.116 e. The van der Waals surface area contributed by atoms with E-state index in [2.05, 4.69) is 36.5 Å². The van der Waals surface area contributed by atoms with Crippen molar-refractivity contribution in [1.82, 2.24) is 10.3 Å². The zero-order valence-corrected chi connectivity index (χ0v) is 12.4. The standard InChI is InChI=1S/C13H24N2OS/c1-6-7-14-13(9-16-5,10(2)3)12-15-11(4)8-17-12/h8,10,14H,6-7,9H2,1-5H3. The summed E-state index contributed by atoms with van der Waals surface area (Å²) in [6.45, 7) is 10.3. The molecule has 0 amide bonds. The van der Waals surface area contributed by atoms with E-state index in [0.29, 0.717) is 12.5 Å². The second kappa shape index (κ2) is 6.47. The van der Waals surface area contributed by atoms with Crippen molar-refractivity contribution in [2.45, 2.75) is 39.7 Å². The molecule has 1 atom stereocenters. The Kier molecular flexibility index (Phi) is 5.56. The molecule has 0 aliphatic heterocycles. The molecule has 4 heteroatoms. The van der Waals surface area contributed by atoms with Crippen LogP contribution in [0.5, 0.6) is 0 Å². The van der Waals surface area contributed by atoms with Crippen molar-refractivity contribution in [3.8, 4) is 0 Å². The molecular weight excluding hydrogens is 232 g/mol. The first-order chi connectivity index (χ1) is 8.06. The summed E-state index contributed by atoms with van der Waals surface area (Å²) < 4.78 is 5.43. The van der Waals surface area contributed by atoms with Crippen LogP contribution in [0.25, 0.3) is 0 Å². The summed E-state index contributed by atoms with van der Waals surface area (Å²) >= 11 is 1.72. The van der Waals surface area contributed by atoms with Gasteiger partial charge in [0, 0.05) is 18.2 Å². The number of hydrogen-bond acceptors (Lipinski definition) is 4. The average Bonchev–Trinajstić information content (AvgIpc) is 2.71. The summed E-state index contributed by atoms with van der Waals surface area (Å²) in [6, 6.07) is 0. The Morgan fingerprint density at radius 3 is 2.65 bits per heavy atom. The lowest BCUT2D eigenvalue weighted by atomic mass is 9.87. The van der Waals surface area contributed by atoms with Crippen molar-refractivity contribution in [2.24, 2.45) is 5.92 Å². The Bertz CT molecular complexity index is 338. The summed E-state index contributed by atoms with van der Waals surface area (Å²) in [4.78, 5) is 4.65. The van der Waals surface area contributed by atoms with Crippen molar-refractivity contribution in [3.63, 3.8) is 0 Å². The smallest absolute Gasteiger partial charge is 0.116 e. The van der Waals surface area contributed by atoms with E-state index in [9.17, 15) is 0 Å². The lowest BCUT2D eigenvalue weighted by Crippen LogP contribution is -2.50. The minimum atomic E-state index is -0.149. The Labute approximate surface area is 109 Å². The van der Waals surface area contributed by atoms with Crippen LogP contribution in [0, 0.1) is 12.8 Å². The zero-order valence-electron chi connectivity index (χ0n) is 11.5. The van der Waals surface area contributed by atoms with Crippen molar-refractivity contribution >= 4 is 11.3 Å². The molecule has 0 bridgehead atoms. The summed E-state index contributed by atoms with van der Waals surface area (Å²) in [6.07, 6.45) is 1.11. The monoisotopic (exact) mass is 256 g/mol. The van der Waals surface area contributed by atoms with E-state index in [0.717, 1.165) is 23.7 Å². The third kappa shape index (κ3) is 3.27. The van der Waals surface area contributed by atoms with Gasteiger partial charge < -0.3 is 10.1 Å². The fourth-order valence-corrected chi connectivity index (χ4v) is 3.05. The molecule has 3 nitrogen and oxygen atoms in total. The summed E-state index contributed by atoms with van der Waals surface area (Å²) in [5.41, 5.74) is 0.938. The van der Waals surface area contributed by atoms with Crippen LogP contribution in [0.15, 0.2) is 5.38 Å². The van der Waals surface area contributed by atoms with Crippen molar-refractivity contribution in [3.05, 3.63) is 16.1 Å². The van der Waals surface area contributed by atoms with E-state index < -0.39 is 0 Å². The van der Waals surface area contributed by atoms with Gasteiger partial charge in [0.1, 0.15) is 5.01 Å². The van der Waals surface area contributed by atoms with E-state index in [1.54, 1.807) is 18.4 Å². The molecule has 0 aliphatic rings. The number of nitrogens with one attached hydrogen (secondary N) is 1. The molecule has 0 aliphatic carbocycles. The van der Waals surface area contributed by atoms with Crippen LogP contribution in [-0.4, -0.2) is 25.2 Å². The molecule has 98 valence electrons. The third-order valence-corrected chi connectivity index (χ3v) is 4.19. The Morgan fingerprint density at radius 1 is 1.53 bits per heavy atom. The molecular formula is C13H24N2OS. The predicted molar refractivity (Wildman–Crippen MR) is 73.5 cm³/mol. The van der Waals surface area contributed by atoms with Gasteiger partial charge in [0.05, 0.1) is 12.1 Å². The molecule has 1 unspecified atom stereocenters. The van der Waals surface area contributed by atoms with Crippen LogP contribution < -0.4 is 5.32 Å². The molecule has 1 heterocycles. The van der Waals surface area contributed by atoms with Gasteiger partial charge in [-0.15, -0.1) is 11.3 Å². The number of aryl methyl sites for hydroxylation is 1. The highest BCUT2D eigenvalue weighted by atomic mass is 32.1. The second-order valence-electron chi connectivity index (χ2n) is 4.78. The van der Waals surface area contributed by atoms with E-state index in [-0.39, 0.29) is 5.54 Å². The van der Waals surface area contributed by atoms with Crippen molar-refractivity contribution < 1.29 is 4.74 Å². The molecule has 1 aromatic heterocycles. The molecule has 1 N–H and O–H groups in total. The van der Waals surface area contributed by atoms with Gasteiger partial charge in [-0.25, -0.2) is 4.98 Å². The van der Waals surface area contributed by atoms with Crippen LogP contribution in [0.2, 0.25) is 0 Å². The Morgan fingerprint density at radius 2 is 2.24 bits per heavy atom. The van der Waals surface area contributed by atoms with Gasteiger partial charge in [0.15, 0.2) is 0 Å². The number of ether oxygens (including phenoxy) is 1.